The van der Waals surface area contributed by atoms with E-state index in [1.807, 2.05) is 30.5 Å². The fourth-order valence-electron chi connectivity index (χ4n) is 3.03. The van der Waals surface area contributed by atoms with Crippen molar-refractivity contribution in [1.82, 2.24) is 9.97 Å². The number of carboxylic acids is 1. The van der Waals surface area contributed by atoms with Crippen LogP contribution in [0.3, 0.4) is 0 Å². The number of carboxylic acid groups (broad SMARTS) is 1. The molecular formula is C23H24N2O4. The molecule has 2 aromatic carbocycles. The van der Waals surface area contributed by atoms with E-state index >= 15 is 0 Å². The van der Waals surface area contributed by atoms with Gasteiger partial charge in [-0.15, -0.1) is 0 Å². The monoisotopic (exact) mass is 392 g/mol. The number of aromatic nitrogens is 2. The first-order valence-corrected chi connectivity index (χ1v) is 9.45. The maximum absolute atomic E-state index is 11.2. The van der Waals surface area contributed by atoms with Crippen LogP contribution >= 0.6 is 0 Å². The highest BCUT2D eigenvalue weighted by molar-refractivity contribution is 5.88. The molecule has 0 aliphatic heterocycles. The van der Waals surface area contributed by atoms with Crippen molar-refractivity contribution < 1.29 is 19.4 Å². The highest BCUT2D eigenvalue weighted by atomic mass is 16.5. The predicted octanol–water partition coefficient (Wildman–Crippen LogP) is 4.49. The fraction of sp³-hybridized carbons (Fsp3) is 0.261. The molecule has 29 heavy (non-hydrogen) atoms. The predicted molar refractivity (Wildman–Crippen MR) is 111 cm³/mol. The molecule has 3 rings (SSSR count). The van der Waals surface area contributed by atoms with E-state index in [9.17, 15) is 4.79 Å². The van der Waals surface area contributed by atoms with E-state index in [0.29, 0.717) is 0 Å². The third kappa shape index (κ3) is 5.18. The van der Waals surface area contributed by atoms with Crippen molar-refractivity contribution in [1.29, 1.82) is 0 Å². The van der Waals surface area contributed by atoms with Gasteiger partial charge < -0.3 is 14.6 Å². The van der Waals surface area contributed by atoms with Crippen molar-refractivity contribution in [2.24, 2.45) is 0 Å². The first-order chi connectivity index (χ1) is 14.1. The molecule has 0 saturated heterocycles. The quantitative estimate of drug-likeness (QED) is 0.541. The van der Waals surface area contributed by atoms with Gasteiger partial charge in [0.2, 0.25) is 0 Å². The highest BCUT2D eigenvalue weighted by Crippen LogP contribution is 2.30. The summed E-state index contributed by atoms with van der Waals surface area (Å²) in [6.07, 6.45) is 4.53. The molecule has 1 N–H and O–H groups in total. The average molecular weight is 392 g/mol. The number of hydrogen-bond acceptors (Lipinski definition) is 5. The standard InChI is InChI=1S/C23H24N2O4/c1-28-14-4-3-5-19-15-24-21(16-10-12-20(29-2)13-11-16)22(25-19)17-6-8-18(9-7-17)23(26)27/h6-13,15H,3-5,14H2,1-2H3,(H,26,27). The molecule has 0 spiro atoms. The van der Waals surface area contributed by atoms with Gasteiger partial charge in [0, 0.05) is 31.0 Å². The van der Waals surface area contributed by atoms with Crippen LogP contribution in [-0.2, 0) is 11.2 Å². The van der Waals surface area contributed by atoms with Crippen molar-refractivity contribution in [2.75, 3.05) is 20.8 Å². The minimum absolute atomic E-state index is 0.239. The van der Waals surface area contributed by atoms with Gasteiger partial charge in [-0.1, -0.05) is 12.1 Å². The van der Waals surface area contributed by atoms with Gasteiger partial charge in [-0.2, -0.15) is 0 Å². The minimum atomic E-state index is -0.954. The Morgan fingerprint density at radius 1 is 0.931 bits per heavy atom. The van der Waals surface area contributed by atoms with E-state index < -0.39 is 5.97 Å². The van der Waals surface area contributed by atoms with Crippen LogP contribution in [0.2, 0.25) is 0 Å². The van der Waals surface area contributed by atoms with E-state index in [1.165, 1.54) is 0 Å². The Kier molecular flexibility index (Phi) is 6.92. The maximum Gasteiger partial charge on any atom is 0.335 e. The molecule has 0 aliphatic rings. The summed E-state index contributed by atoms with van der Waals surface area (Å²) in [5.41, 5.74) is 4.36. The SMILES string of the molecule is COCCCCc1cnc(-c2ccc(OC)cc2)c(-c2ccc(C(=O)O)cc2)n1. The number of carbonyl (C=O) groups is 1. The second kappa shape index (κ2) is 9.80. The van der Waals surface area contributed by atoms with Crippen molar-refractivity contribution in [3.8, 4) is 28.3 Å². The molecule has 1 heterocycles. The molecule has 0 fully saturated rings. The third-order valence-electron chi connectivity index (χ3n) is 4.62. The number of nitrogens with zero attached hydrogens (tertiary/aromatic N) is 2. The molecule has 0 aliphatic carbocycles. The molecule has 150 valence electrons. The summed E-state index contributed by atoms with van der Waals surface area (Å²) in [5, 5.41) is 9.16. The number of aromatic carboxylic acids is 1. The molecule has 0 bridgehead atoms. The van der Waals surface area contributed by atoms with E-state index in [1.54, 1.807) is 38.5 Å². The number of rotatable bonds is 9. The topological polar surface area (TPSA) is 81.5 Å². The fourth-order valence-corrected chi connectivity index (χ4v) is 3.03. The Labute approximate surface area is 170 Å². The lowest BCUT2D eigenvalue weighted by molar-refractivity contribution is 0.0697. The second-order valence-corrected chi connectivity index (χ2v) is 6.62. The molecule has 1 aromatic heterocycles. The maximum atomic E-state index is 11.2. The zero-order valence-corrected chi connectivity index (χ0v) is 16.6. The van der Waals surface area contributed by atoms with Crippen LogP contribution in [0.5, 0.6) is 5.75 Å². The number of aryl methyl sites for hydroxylation is 1. The molecule has 3 aromatic rings. The Morgan fingerprint density at radius 3 is 2.21 bits per heavy atom. The van der Waals surface area contributed by atoms with Gasteiger partial charge in [0.25, 0.3) is 0 Å². The Morgan fingerprint density at radius 2 is 1.59 bits per heavy atom. The summed E-state index contributed by atoms with van der Waals surface area (Å²) in [7, 11) is 3.32. The van der Waals surface area contributed by atoms with E-state index in [-0.39, 0.29) is 5.56 Å². The molecule has 0 atom stereocenters. The van der Waals surface area contributed by atoms with Crippen molar-refractivity contribution in [3.05, 3.63) is 66.0 Å². The summed E-state index contributed by atoms with van der Waals surface area (Å²) in [4.78, 5) is 20.7. The lowest BCUT2D eigenvalue weighted by atomic mass is 10.0. The van der Waals surface area contributed by atoms with Crippen molar-refractivity contribution in [3.63, 3.8) is 0 Å². The summed E-state index contributed by atoms with van der Waals surface area (Å²) < 4.78 is 10.3. The van der Waals surface area contributed by atoms with E-state index in [0.717, 1.165) is 59.8 Å². The van der Waals surface area contributed by atoms with Gasteiger partial charge >= 0.3 is 5.97 Å². The number of unbranched alkanes of at least 4 members (excludes halogenated alkanes) is 1. The van der Waals surface area contributed by atoms with Crippen LogP contribution in [0.1, 0.15) is 28.9 Å². The number of hydrogen-bond donors (Lipinski definition) is 1. The second-order valence-electron chi connectivity index (χ2n) is 6.62. The number of benzene rings is 2. The molecule has 0 saturated carbocycles. The smallest absolute Gasteiger partial charge is 0.335 e. The van der Waals surface area contributed by atoms with Gasteiger partial charge in [0.15, 0.2) is 0 Å². The van der Waals surface area contributed by atoms with E-state index in [2.05, 4.69) is 4.98 Å². The summed E-state index contributed by atoms with van der Waals surface area (Å²) in [6.45, 7) is 0.723. The highest BCUT2D eigenvalue weighted by Gasteiger charge is 2.13. The zero-order valence-electron chi connectivity index (χ0n) is 16.6. The molecule has 0 unspecified atom stereocenters. The van der Waals surface area contributed by atoms with E-state index in [4.69, 9.17) is 19.6 Å². The van der Waals surface area contributed by atoms with Gasteiger partial charge in [0.05, 0.1) is 29.8 Å². The molecule has 6 heteroatoms. The van der Waals surface area contributed by atoms with Crippen molar-refractivity contribution >= 4 is 5.97 Å². The summed E-state index contributed by atoms with van der Waals surface area (Å²) in [5.74, 6) is -0.186. The van der Waals surface area contributed by atoms with Crippen molar-refractivity contribution in [2.45, 2.75) is 19.3 Å². The Hall–Kier alpha value is -3.25. The van der Waals surface area contributed by atoms with Gasteiger partial charge in [-0.3, -0.25) is 4.98 Å². The largest absolute Gasteiger partial charge is 0.497 e. The minimum Gasteiger partial charge on any atom is -0.497 e. The van der Waals surface area contributed by atoms with Gasteiger partial charge in [0.1, 0.15) is 5.75 Å². The van der Waals surface area contributed by atoms with Crippen LogP contribution in [0.15, 0.2) is 54.7 Å². The molecule has 0 radical (unpaired) electrons. The number of methoxy groups -OCH3 is 2. The first-order valence-electron chi connectivity index (χ1n) is 9.45. The van der Waals surface area contributed by atoms with Gasteiger partial charge in [-0.05, 0) is 55.7 Å². The Balaban J connectivity index is 1.98. The molecule has 0 amide bonds. The normalized spacial score (nSPS) is 10.7. The summed E-state index contributed by atoms with van der Waals surface area (Å²) >= 11 is 0. The van der Waals surface area contributed by atoms with Crippen LogP contribution < -0.4 is 4.74 Å². The number of ether oxygens (including phenoxy) is 2. The zero-order chi connectivity index (χ0) is 20.6. The van der Waals surface area contributed by atoms with Crippen LogP contribution in [0.4, 0.5) is 0 Å². The van der Waals surface area contributed by atoms with Gasteiger partial charge in [-0.25, -0.2) is 9.78 Å². The lowest BCUT2D eigenvalue weighted by Crippen LogP contribution is -2.01. The van der Waals surface area contributed by atoms with Crippen LogP contribution in [0.25, 0.3) is 22.5 Å². The third-order valence-corrected chi connectivity index (χ3v) is 4.62. The Bertz CT molecular complexity index is 954. The molecule has 6 nitrogen and oxygen atoms in total. The lowest BCUT2D eigenvalue weighted by Gasteiger charge is -2.12. The first kappa shape index (κ1) is 20.5. The molecular weight excluding hydrogens is 368 g/mol. The van der Waals surface area contributed by atoms with Crippen LogP contribution in [0, 0.1) is 0 Å². The summed E-state index contributed by atoms with van der Waals surface area (Å²) in [6, 6.07) is 14.4. The average Bonchev–Trinajstić information content (AvgIpc) is 2.77. The van der Waals surface area contributed by atoms with Crippen LogP contribution in [-0.4, -0.2) is 41.9 Å².